The van der Waals surface area contributed by atoms with E-state index in [4.69, 9.17) is 5.11 Å². The summed E-state index contributed by atoms with van der Waals surface area (Å²) in [6.07, 6.45) is 0.583. The molecule has 5 nitrogen and oxygen atoms in total. The SMILES string of the molecule is CNS(=O)(=O)CCCN(C)CCO. The quantitative estimate of drug-likeness (QED) is 0.557. The van der Waals surface area contributed by atoms with Crippen LogP contribution in [0.3, 0.4) is 0 Å². The number of rotatable bonds is 7. The van der Waals surface area contributed by atoms with Gasteiger partial charge in [0.2, 0.25) is 10.0 Å². The minimum absolute atomic E-state index is 0.106. The summed E-state index contributed by atoms with van der Waals surface area (Å²) in [5, 5.41) is 8.57. The van der Waals surface area contributed by atoms with Crippen molar-refractivity contribution in [2.75, 3.05) is 39.5 Å². The summed E-state index contributed by atoms with van der Waals surface area (Å²) in [4.78, 5) is 1.89. The predicted molar refractivity (Wildman–Crippen MR) is 52.0 cm³/mol. The molecule has 0 spiro atoms. The highest BCUT2D eigenvalue weighted by molar-refractivity contribution is 7.89. The van der Waals surface area contributed by atoms with Crippen LogP contribution >= 0.6 is 0 Å². The molecule has 0 heterocycles. The van der Waals surface area contributed by atoms with E-state index in [2.05, 4.69) is 4.72 Å². The van der Waals surface area contributed by atoms with Crippen molar-refractivity contribution in [3.8, 4) is 0 Å². The van der Waals surface area contributed by atoms with Crippen molar-refractivity contribution >= 4 is 10.0 Å². The minimum atomic E-state index is -3.07. The summed E-state index contributed by atoms with van der Waals surface area (Å²) in [5.74, 6) is 0.138. The maximum Gasteiger partial charge on any atom is 0.211 e. The van der Waals surface area contributed by atoms with Crippen molar-refractivity contribution < 1.29 is 13.5 Å². The summed E-state index contributed by atoms with van der Waals surface area (Å²) in [6, 6.07) is 0. The van der Waals surface area contributed by atoms with E-state index in [-0.39, 0.29) is 12.4 Å². The highest BCUT2D eigenvalue weighted by Crippen LogP contribution is 1.91. The summed E-state index contributed by atoms with van der Waals surface area (Å²) < 4.78 is 24.2. The maximum absolute atomic E-state index is 11.0. The lowest BCUT2D eigenvalue weighted by Gasteiger charge is -2.14. The highest BCUT2D eigenvalue weighted by atomic mass is 32.2. The van der Waals surface area contributed by atoms with Crippen LogP contribution in [-0.2, 0) is 10.0 Å². The van der Waals surface area contributed by atoms with Crippen molar-refractivity contribution in [2.45, 2.75) is 6.42 Å². The molecule has 80 valence electrons. The molecule has 0 aliphatic carbocycles. The smallest absolute Gasteiger partial charge is 0.211 e. The van der Waals surface area contributed by atoms with Gasteiger partial charge < -0.3 is 10.0 Å². The molecule has 0 aromatic rings. The molecule has 0 amide bonds. The van der Waals surface area contributed by atoms with Gasteiger partial charge in [-0.25, -0.2) is 13.1 Å². The molecule has 0 aromatic carbocycles. The molecule has 0 aliphatic rings. The standard InChI is InChI=1S/C7H18N2O3S/c1-8-13(11,12)7-3-4-9(2)5-6-10/h8,10H,3-7H2,1-2H3. The van der Waals surface area contributed by atoms with Crippen LogP contribution in [0.1, 0.15) is 6.42 Å². The number of nitrogens with zero attached hydrogens (tertiary/aromatic N) is 1. The Labute approximate surface area is 79.8 Å². The first-order chi connectivity index (χ1) is 6.02. The van der Waals surface area contributed by atoms with E-state index < -0.39 is 10.0 Å². The third-order valence-electron chi connectivity index (χ3n) is 1.75. The Morgan fingerprint density at radius 3 is 2.46 bits per heavy atom. The second-order valence-corrected chi connectivity index (χ2v) is 4.95. The van der Waals surface area contributed by atoms with Crippen LogP contribution in [0.4, 0.5) is 0 Å². The molecule has 0 fully saturated rings. The molecule has 6 heteroatoms. The number of hydrogen-bond acceptors (Lipinski definition) is 4. The number of aliphatic hydroxyl groups is 1. The van der Waals surface area contributed by atoms with Gasteiger partial charge in [0.25, 0.3) is 0 Å². The van der Waals surface area contributed by atoms with E-state index in [0.717, 1.165) is 0 Å². The third kappa shape index (κ3) is 6.94. The van der Waals surface area contributed by atoms with Gasteiger partial charge in [0.1, 0.15) is 0 Å². The Bertz CT molecular complexity index is 216. The Hall–Kier alpha value is -0.170. The van der Waals surface area contributed by atoms with E-state index in [0.29, 0.717) is 19.5 Å². The Morgan fingerprint density at radius 2 is 2.00 bits per heavy atom. The van der Waals surface area contributed by atoms with Crippen LogP contribution in [-0.4, -0.2) is 58.0 Å². The molecule has 0 unspecified atom stereocenters. The van der Waals surface area contributed by atoms with Crippen LogP contribution in [0.5, 0.6) is 0 Å². The monoisotopic (exact) mass is 210 g/mol. The van der Waals surface area contributed by atoms with Gasteiger partial charge in [-0.15, -0.1) is 0 Å². The van der Waals surface area contributed by atoms with Gasteiger partial charge in [0, 0.05) is 6.54 Å². The van der Waals surface area contributed by atoms with E-state index in [9.17, 15) is 8.42 Å². The van der Waals surface area contributed by atoms with E-state index in [1.807, 2.05) is 11.9 Å². The Balaban J connectivity index is 3.56. The average molecular weight is 210 g/mol. The van der Waals surface area contributed by atoms with Crippen LogP contribution < -0.4 is 4.72 Å². The average Bonchev–Trinajstić information content (AvgIpc) is 2.05. The zero-order valence-corrected chi connectivity index (χ0v) is 8.97. The van der Waals surface area contributed by atoms with Crippen molar-refractivity contribution in [1.82, 2.24) is 9.62 Å². The van der Waals surface area contributed by atoms with E-state index >= 15 is 0 Å². The van der Waals surface area contributed by atoms with Crippen molar-refractivity contribution in [3.05, 3.63) is 0 Å². The van der Waals surface area contributed by atoms with Crippen molar-refractivity contribution in [1.29, 1.82) is 0 Å². The number of likely N-dealkylation sites (N-methyl/N-ethyl adjacent to an activating group) is 1. The first-order valence-corrected chi connectivity index (χ1v) is 5.87. The number of sulfonamides is 1. The predicted octanol–water partition coefficient (Wildman–Crippen LogP) is -1.15. The van der Waals surface area contributed by atoms with Gasteiger partial charge in [-0.3, -0.25) is 0 Å². The lowest BCUT2D eigenvalue weighted by molar-refractivity contribution is 0.222. The van der Waals surface area contributed by atoms with Gasteiger partial charge in [0.15, 0.2) is 0 Å². The van der Waals surface area contributed by atoms with Gasteiger partial charge in [0.05, 0.1) is 12.4 Å². The largest absolute Gasteiger partial charge is 0.395 e. The first-order valence-electron chi connectivity index (χ1n) is 4.22. The fraction of sp³-hybridized carbons (Fsp3) is 1.00. The van der Waals surface area contributed by atoms with Gasteiger partial charge >= 0.3 is 0 Å². The fourth-order valence-electron chi connectivity index (χ4n) is 0.909. The summed E-state index contributed by atoms with van der Waals surface area (Å²) in [5.41, 5.74) is 0. The molecule has 0 aromatic heterocycles. The summed E-state index contributed by atoms with van der Waals surface area (Å²) in [7, 11) is 0.190. The highest BCUT2D eigenvalue weighted by Gasteiger charge is 2.06. The molecule has 0 saturated heterocycles. The number of aliphatic hydroxyl groups excluding tert-OH is 1. The fourth-order valence-corrected chi connectivity index (χ4v) is 1.62. The molecule has 0 atom stereocenters. The second kappa shape index (κ2) is 6.31. The van der Waals surface area contributed by atoms with Gasteiger partial charge in [-0.2, -0.15) is 0 Å². The van der Waals surface area contributed by atoms with E-state index in [1.54, 1.807) is 0 Å². The molecule has 2 N–H and O–H groups in total. The van der Waals surface area contributed by atoms with Crippen LogP contribution in [0.25, 0.3) is 0 Å². The molecule has 0 aliphatic heterocycles. The second-order valence-electron chi connectivity index (χ2n) is 2.90. The van der Waals surface area contributed by atoms with Crippen LogP contribution in [0, 0.1) is 0 Å². The molecular weight excluding hydrogens is 192 g/mol. The molecule has 0 bridgehead atoms. The topological polar surface area (TPSA) is 69.6 Å². The van der Waals surface area contributed by atoms with E-state index in [1.165, 1.54) is 7.05 Å². The molecule has 0 rings (SSSR count). The number of hydrogen-bond donors (Lipinski definition) is 2. The third-order valence-corrected chi connectivity index (χ3v) is 3.19. The number of nitrogens with one attached hydrogen (secondary N) is 1. The lowest BCUT2D eigenvalue weighted by atomic mass is 10.4. The first kappa shape index (κ1) is 12.8. The molecule has 0 saturated carbocycles. The summed E-state index contributed by atoms with van der Waals surface area (Å²) in [6.45, 7) is 1.37. The van der Waals surface area contributed by atoms with Crippen molar-refractivity contribution in [2.24, 2.45) is 0 Å². The lowest BCUT2D eigenvalue weighted by Crippen LogP contribution is -2.27. The minimum Gasteiger partial charge on any atom is -0.395 e. The van der Waals surface area contributed by atoms with Gasteiger partial charge in [-0.05, 0) is 27.1 Å². The zero-order valence-electron chi connectivity index (χ0n) is 8.15. The Morgan fingerprint density at radius 1 is 1.38 bits per heavy atom. The van der Waals surface area contributed by atoms with Crippen LogP contribution in [0.2, 0.25) is 0 Å². The maximum atomic E-state index is 11.0. The van der Waals surface area contributed by atoms with Crippen molar-refractivity contribution in [3.63, 3.8) is 0 Å². The zero-order chi connectivity index (χ0) is 10.3. The molecular formula is C7H18N2O3S. The Kier molecular flexibility index (Phi) is 6.23. The normalized spacial score (nSPS) is 12.3. The molecule has 13 heavy (non-hydrogen) atoms. The molecule has 0 radical (unpaired) electrons. The van der Waals surface area contributed by atoms with Gasteiger partial charge in [-0.1, -0.05) is 0 Å². The summed E-state index contributed by atoms with van der Waals surface area (Å²) >= 11 is 0. The van der Waals surface area contributed by atoms with Crippen LogP contribution in [0.15, 0.2) is 0 Å².